The number of nitrogens with zero attached hydrogens (tertiary/aromatic N) is 4. The molecule has 4 aromatic rings. The minimum atomic E-state index is -0.195. The van der Waals surface area contributed by atoms with E-state index in [0.717, 1.165) is 21.1 Å². The molecule has 114 valence electrons. The summed E-state index contributed by atoms with van der Waals surface area (Å²) in [7, 11) is 0. The SMILES string of the molecule is O=C(NCc1cnn2cccnc12)c1csc(-c2cccs2)n1. The summed E-state index contributed by atoms with van der Waals surface area (Å²) in [4.78, 5) is 22.0. The average molecular weight is 341 g/mol. The van der Waals surface area contributed by atoms with Gasteiger partial charge in [0.1, 0.15) is 10.7 Å². The standard InChI is InChI=1S/C15H11N5OS2/c21-14(11-9-23-15(19-11)12-3-1-6-22-12)17-7-10-8-18-20-5-2-4-16-13(10)20/h1-6,8-9H,7H2,(H,17,21). The first-order valence-electron chi connectivity index (χ1n) is 6.86. The van der Waals surface area contributed by atoms with E-state index in [4.69, 9.17) is 0 Å². The van der Waals surface area contributed by atoms with Crippen LogP contribution in [0.2, 0.25) is 0 Å². The molecule has 0 fully saturated rings. The molecular weight excluding hydrogens is 330 g/mol. The third-order valence-electron chi connectivity index (χ3n) is 3.26. The average Bonchev–Trinajstić information content (AvgIpc) is 3.31. The molecule has 0 aliphatic carbocycles. The molecule has 1 amide bonds. The second-order valence-corrected chi connectivity index (χ2v) is 6.56. The molecular formula is C15H11N5OS2. The molecule has 6 nitrogen and oxygen atoms in total. The highest BCUT2D eigenvalue weighted by molar-refractivity contribution is 7.20. The lowest BCUT2D eigenvalue weighted by Gasteiger charge is -2.01. The van der Waals surface area contributed by atoms with Gasteiger partial charge in [-0.25, -0.2) is 14.5 Å². The van der Waals surface area contributed by atoms with Crippen LogP contribution in [0.4, 0.5) is 0 Å². The van der Waals surface area contributed by atoms with E-state index in [-0.39, 0.29) is 5.91 Å². The minimum absolute atomic E-state index is 0.195. The van der Waals surface area contributed by atoms with Crippen LogP contribution in [-0.2, 0) is 6.54 Å². The molecule has 4 rings (SSSR count). The van der Waals surface area contributed by atoms with E-state index in [1.165, 1.54) is 11.3 Å². The van der Waals surface area contributed by atoms with E-state index in [2.05, 4.69) is 20.4 Å². The molecule has 0 saturated carbocycles. The lowest BCUT2D eigenvalue weighted by atomic mass is 10.3. The normalized spacial score (nSPS) is 11.0. The van der Waals surface area contributed by atoms with Gasteiger partial charge in [0.15, 0.2) is 5.65 Å². The number of carbonyl (C=O) groups is 1. The summed E-state index contributed by atoms with van der Waals surface area (Å²) < 4.78 is 1.68. The Kier molecular flexibility index (Phi) is 3.60. The zero-order valence-corrected chi connectivity index (χ0v) is 13.5. The summed E-state index contributed by atoms with van der Waals surface area (Å²) in [5, 5.41) is 11.7. The predicted octanol–water partition coefficient (Wildman–Crippen LogP) is 2.84. The number of carbonyl (C=O) groups excluding carboxylic acids is 1. The maximum Gasteiger partial charge on any atom is 0.271 e. The van der Waals surface area contributed by atoms with Crippen LogP contribution in [0.25, 0.3) is 15.5 Å². The van der Waals surface area contributed by atoms with E-state index >= 15 is 0 Å². The first-order valence-corrected chi connectivity index (χ1v) is 8.62. The van der Waals surface area contributed by atoms with Crippen LogP contribution in [0.3, 0.4) is 0 Å². The van der Waals surface area contributed by atoms with Gasteiger partial charge in [-0.2, -0.15) is 5.10 Å². The summed E-state index contributed by atoms with van der Waals surface area (Å²) >= 11 is 3.08. The molecule has 0 radical (unpaired) electrons. The second-order valence-electron chi connectivity index (χ2n) is 4.76. The number of amides is 1. The van der Waals surface area contributed by atoms with Crippen LogP contribution < -0.4 is 5.32 Å². The third-order valence-corrected chi connectivity index (χ3v) is 5.14. The summed E-state index contributed by atoms with van der Waals surface area (Å²) in [5.41, 5.74) is 2.04. The van der Waals surface area contributed by atoms with Crippen molar-refractivity contribution in [2.24, 2.45) is 0 Å². The molecule has 0 unspecified atom stereocenters. The third kappa shape index (κ3) is 2.73. The van der Waals surface area contributed by atoms with Crippen LogP contribution in [0, 0.1) is 0 Å². The van der Waals surface area contributed by atoms with Crippen molar-refractivity contribution in [3.05, 3.63) is 58.8 Å². The summed E-state index contributed by atoms with van der Waals surface area (Å²) in [5.74, 6) is -0.195. The molecule has 0 atom stereocenters. The molecule has 0 aromatic carbocycles. The number of fused-ring (bicyclic) bond motifs is 1. The Morgan fingerprint density at radius 2 is 2.26 bits per heavy atom. The van der Waals surface area contributed by atoms with Gasteiger partial charge in [-0.05, 0) is 17.5 Å². The molecule has 0 saturated heterocycles. The summed E-state index contributed by atoms with van der Waals surface area (Å²) in [6.07, 6.45) is 5.23. The molecule has 8 heteroatoms. The number of thiophene rings is 1. The van der Waals surface area contributed by atoms with Crippen molar-refractivity contribution in [2.45, 2.75) is 6.54 Å². The van der Waals surface area contributed by atoms with E-state index in [1.807, 2.05) is 29.8 Å². The topological polar surface area (TPSA) is 72.2 Å². The lowest BCUT2D eigenvalue weighted by Crippen LogP contribution is -2.23. The fraction of sp³-hybridized carbons (Fsp3) is 0.0667. The van der Waals surface area contributed by atoms with Crippen molar-refractivity contribution < 1.29 is 4.79 Å². The quantitative estimate of drug-likeness (QED) is 0.619. The van der Waals surface area contributed by atoms with Gasteiger partial charge in [0, 0.05) is 29.9 Å². The number of hydrogen-bond donors (Lipinski definition) is 1. The molecule has 4 heterocycles. The van der Waals surface area contributed by atoms with Gasteiger partial charge >= 0.3 is 0 Å². The van der Waals surface area contributed by atoms with Crippen molar-refractivity contribution in [1.29, 1.82) is 0 Å². The number of nitrogens with one attached hydrogen (secondary N) is 1. The van der Waals surface area contributed by atoms with Gasteiger partial charge in [-0.15, -0.1) is 22.7 Å². The summed E-state index contributed by atoms with van der Waals surface area (Å²) in [6.45, 7) is 0.366. The second kappa shape index (κ2) is 5.90. The molecule has 0 aliphatic heterocycles. The maximum atomic E-state index is 12.2. The highest BCUT2D eigenvalue weighted by atomic mass is 32.1. The van der Waals surface area contributed by atoms with Crippen molar-refractivity contribution in [3.63, 3.8) is 0 Å². The Balaban J connectivity index is 1.48. The predicted molar refractivity (Wildman–Crippen MR) is 89.6 cm³/mol. The van der Waals surface area contributed by atoms with Gasteiger partial charge in [0.25, 0.3) is 5.91 Å². The summed E-state index contributed by atoms with van der Waals surface area (Å²) in [6, 6.07) is 5.78. The van der Waals surface area contributed by atoms with Crippen molar-refractivity contribution in [1.82, 2.24) is 24.9 Å². The zero-order chi connectivity index (χ0) is 15.6. The Labute approximate surface area is 139 Å². The number of hydrogen-bond acceptors (Lipinski definition) is 6. The van der Waals surface area contributed by atoms with Gasteiger partial charge in [-0.1, -0.05) is 6.07 Å². The molecule has 0 bridgehead atoms. The molecule has 0 aliphatic rings. The highest BCUT2D eigenvalue weighted by Gasteiger charge is 2.13. The van der Waals surface area contributed by atoms with Crippen LogP contribution in [-0.4, -0.2) is 25.5 Å². The highest BCUT2D eigenvalue weighted by Crippen LogP contribution is 2.27. The zero-order valence-electron chi connectivity index (χ0n) is 11.8. The molecule has 0 spiro atoms. The van der Waals surface area contributed by atoms with Gasteiger partial charge in [0.05, 0.1) is 11.1 Å². The number of rotatable bonds is 4. The van der Waals surface area contributed by atoms with Crippen LogP contribution >= 0.6 is 22.7 Å². The lowest BCUT2D eigenvalue weighted by molar-refractivity contribution is 0.0947. The monoisotopic (exact) mass is 341 g/mol. The smallest absolute Gasteiger partial charge is 0.271 e. The van der Waals surface area contributed by atoms with Crippen molar-refractivity contribution >= 4 is 34.2 Å². The molecule has 1 N–H and O–H groups in total. The Hall–Kier alpha value is -2.58. The molecule has 4 aromatic heterocycles. The van der Waals surface area contributed by atoms with Crippen LogP contribution in [0.1, 0.15) is 16.1 Å². The van der Waals surface area contributed by atoms with E-state index in [1.54, 1.807) is 33.6 Å². The van der Waals surface area contributed by atoms with Crippen molar-refractivity contribution in [2.75, 3.05) is 0 Å². The Morgan fingerprint density at radius 3 is 3.13 bits per heavy atom. The fourth-order valence-corrected chi connectivity index (χ4v) is 3.77. The fourth-order valence-electron chi connectivity index (χ4n) is 2.16. The van der Waals surface area contributed by atoms with E-state index < -0.39 is 0 Å². The van der Waals surface area contributed by atoms with E-state index in [0.29, 0.717) is 12.2 Å². The van der Waals surface area contributed by atoms with Crippen LogP contribution in [0.15, 0.2) is 47.5 Å². The van der Waals surface area contributed by atoms with E-state index in [9.17, 15) is 4.79 Å². The first kappa shape index (κ1) is 14.0. The first-order chi connectivity index (χ1) is 11.3. The largest absolute Gasteiger partial charge is 0.346 e. The minimum Gasteiger partial charge on any atom is -0.346 e. The van der Waals surface area contributed by atoms with Gasteiger partial charge in [0.2, 0.25) is 0 Å². The van der Waals surface area contributed by atoms with Gasteiger partial charge < -0.3 is 5.32 Å². The van der Waals surface area contributed by atoms with Crippen LogP contribution in [0.5, 0.6) is 0 Å². The number of thiazole rings is 1. The Morgan fingerprint density at radius 1 is 1.30 bits per heavy atom. The molecule has 23 heavy (non-hydrogen) atoms. The Bertz CT molecular complexity index is 957. The van der Waals surface area contributed by atoms with Gasteiger partial charge in [-0.3, -0.25) is 4.79 Å². The van der Waals surface area contributed by atoms with Crippen molar-refractivity contribution in [3.8, 4) is 9.88 Å². The maximum absolute atomic E-state index is 12.2. The number of aromatic nitrogens is 4.